The zero-order valence-corrected chi connectivity index (χ0v) is 15.5. The molecule has 0 saturated heterocycles. The number of hydrogen-bond donors (Lipinski definition) is 1. The Labute approximate surface area is 154 Å². The molecule has 0 fully saturated rings. The molecule has 0 aliphatic carbocycles. The fourth-order valence-corrected chi connectivity index (χ4v) is 2.71. The van der Waals surface area contributed by atoms with Crippen LogP contribution in [0, 0.1) is 5.92 Å². The summed E-state index contributed by atoms with van der Waals surface area (Å²) in [6.45, 7) is 4.21. The van der Waals surface area contributed by atoms with Gasteiger partial charge in [-0.25, -0.2) is 0 Å². The molecular weight excluding hydrogens is 338 g/mol. The van der Waals surface area contributed by atoms with Crippen molar-refractivity contribution in [2.45, 2.75) is 26.3 Å². The first-order valence-corrected chi connectivity index (χ1v) is 8.67. The molecule has 2 aromatic carbocycles. The van der Waals surface area contributed by atoms with E-state index in [0.29, 0.717) is 16.7 Å². The maximum atomic E-state index is 12.3. The van der Waals surface area contributed by atoms with Crippen LogP contribution in [-0.4, -0.2) is 19.6 Å². The minimum atomic E-state index is -0.165. The molecule has 0 aliphatic heterocycles. The van der Waals surface area contributed by atoms with Crippen molar-refractivity contribution in [1.29, 1.82) is 0 Å². The van der Waals surface area contributed by atoms with E-state index in [2.05, 4.69) is 19.2 Å². The minimum absolute atomic E-state index is 0.0505. The summed E-state index contributed by atoms with van der Waals surface area (Å²) in [4.78, 5) is 12.3. The van der Waals surface area contributed by atoms with E-state index in [1.165, 1.54) is 0 Å². The topological polar surface area (TPSA) is 47.6 Å². The molecule has 5 heteroatoms. The molecule has 1 N–H and O–H groups in total. The number of nitrogens with one attached hydrogen (secondary N) is 1. The largest absolute Gasteiger partial charge is 0.497 e. The average Bonchev–Trinajstić information content (AvgIpc) is 2.59. The van der Waals surface area contributed by atoms with Crippen LogP contribution < -0.4 is 14.8 Å². The summed E-state index contributed by atoms with van der Waals surface area (Å²) in [6, 6.07) is 14.7. The van der Waals surface area contributed by atoms with E-state index in [0.717, 1.165) is 17.7 Å². The van der Waals surface area contributed by atoms with E-state index in [1.54, 1.807) is 31.4 Å². The van der Waals surface area contributed by atoms with Gasteiger partial charge in [0.1, 0.15) is 11.5 Å². The fraction of sp³-hybridized carbons (Fsp3) is 0.350. The van der Waals surface area contributed by atoms with Crippen LogP contribution in [0.1, 0.15) is 31.9 Å². The molecule has 4 nitrogen and oxygen atoms in total. The quantitative estimate of drug-likeness (QED) is 0.745. The van der Waals surface area contributed by atoms with Crippen molar-refractivity contribution in [3.05, 3.63) is 59.1 Å². The molecule has 0 aromatic heterocycles. The van der Waals surface area contributed by atoms with Gasteiger partial charge in [-0.2, -0.15) is 0 Å². The van der Waals surface area contributed by atoms with Gasteiger partial charge >= 0.3 is 0 Å². The zero-order valence-electron chi connectivity index (χ0n) is 14.8. The van der Waals surface area contributed by atoms with Gasteiger partial charge < -0.3 is 14.8 Å². The number of methoxy groups -OCH3 is 1. The van der Waals surface area contributed by atoms with Gasteiger partial charge in [-0.3, -0.25) is 4.79 Å². The van der Waals surface area contributed by atoms with Crippen molar-refractivity contribution in [3.8, 4) is 11.5 Å². The first-order valence-electron chi connectivity index (χ1n) is 8.29. The molecule has 0 heterocycles. The molecule has 1 atom stereocenters. The molecule has 1 unspecified atom stereocenters. The Bertz CT molecular complexity index is 686. The second kappa shape index (κ2) is 9.33. The molecule has 134 valence electrons. The highest BCUT2D eigenvalue weighted by Crippen LogP contribution is 2.23. The summed E-state index contributed by atoms with van der Waals surface area (Å²) >= 11 is 5.92. The van der Waals surface area contributed by atoms with E-state index in [9.17, 15) is 4.79 Å². The van der Waals surface area contributed by atoms with E-state index in [-0.39, 0.29) is 18.6 Å². The molecule has 0 aliphatic rings. The minimum Gasteiger partial charge on any atom is -0.497 e. The van der Waals surface area contributed by atoms with E-state index >= 15 is 0 Å². The highest BCUT2D eigenvalue weighted by atomic mass is 35.5. The third kappa shape index (κ3) is 6.31. The van der Waals surface area contributed by atoms with Crippen molar-refractivity contribution in [1.82, 2.24) is 5.32 Å². The lowest BCUT2D eigenvalue weighted by molar-refractivity contribution is -0.124. The molecular formula is C20H24ClNO3. The van der Waals surface area contributed by atoms with Crippen LogP contribution >= 0.6 is 11.6 Å². The van der Waals surface area contributed by atoms with Gasteiger partial charge in [0.2, 0.25) is 0 Å². The summed E-state index contributed by atoms with van der Waals surface area (Å²) < 4.78 is 10.7. The maximum Gasteiger partial charge on any atom is 0.258 e. The van der Waals surface area contributed by atoms with Gasteiger partial charge in [0.05, 0.1) is 13.2 Å². The van der Waals surface area contributed by atoms with Crippen molar-refractivity contribution < 1.29 is 14.3 Å². The predicted octanol–water partition coefficient (Wildman–Crippen LogP) is 4.63. The molecule has 2 aromatic rings. The highest BCUT2D eigenvalue weighted by molar-refractivity contribution is 6.30. The molecule has 0 radical (unpaired) electrons. The second-order valence-electron chi connectivity index (χ2n) is 6.27. The van der Waals surface area contributed by atoms with Crippen LogP contribution in [0.15, 0.2) is 48.5 Å². The number of amides is 1. The van der Waals surface area contributed by atoms with Crippen LogP contribution in [0.5, 0.6) is 11.5 Å². The summed E-state index contributed by atoms with van der Waals surface area (Å²) in [5.41, 5.74) is 1.05. The van der Waals surface area contributed by atoms with Gasteiger partial charge in [0.15, 0.2) is 6.61 Å². The van der Waals surface area contributed by atoms with Crippen molar-refractivity contribution >= 4 is 17.5 Å². The van der Waals surface area contributed by atoms with Crippen LogP contribution in [0.4, 0.5) is 0 Å². The number of hydrogen-bond acceptors (Lipinski definition) is 3. The smallest absolute Gasteiger partial charge is 0.258 e. The van der Waals surface area contributed by atoms with Gasteiger partial charge in [0.25, 0.3) is 5.91 Å². The molecule has 0 spiro atoms. The lowest BCUT2D eigenvalue weighted by atomic mass is 9.97. The Hall–Kier alpha value is -2.20. The Morgan fingerprint density at radius 1 is 1.12 bits per heavy atom. The van der Waals surface area contributed by atoms with Crippen LogP contribution in [0.25, 0.3) is 0 Å². The lowest BCUT2D eigenvalue weighted by Gasteiger charge is -2.21. The standard InChI is InChI=1S/C20H24ClNO3/c1-14(2)11-19(15-7-9-17(24-3)10-8-15)22-20(23)13-25-18-6-4-5-16(21)12-18/h4-10,12,14,19H,11,13H2,1-3H3,(H,22,23). The van der Waals surface area contributed by atoms with E-state index in [4.69, 9.17) is 21.1 Å². The Kier molecular flexibility index (Phi) is 7.14. The average molecular weight is 362 g/mol. The van der Waals surface area contributed by atoms with Gasteiger partial charge in [-0.1, -0.05) is 43.6 Å². The van der Waals surface area contributed by atoms with E-state index < -0.39 is 0 Å². The molecule has 0 bridgehead atoms. The molecule has 1 amide bonds. The molecule has 2 rings (SSSR count). The number of carbonyl (C=O) groups excluding carboxylic acids is 1. The number of ether oxygens (including phenoxy) is 2. The number of halogens is 1. The van der Waals surface area contributed by atoms with Gasteiger partial charge in [-0.05, 0) is 48.2 Å². The summed E-state index contributed by atoms with van der Waals surface area (Å²) in [5, 5.41) is 3.63. The van der Waals surface area contributed by atoms with E-state index in [1.807, 2.05) is 24.3 Å². The summed E-state index contributed by atoms with van der Waals surface area (Å²) in [5.74, 6) is 1.65. The Balaban J connectivity index is 1.98. The normalized spacial score (nSPS) is 11.9. The Morgan fingerprint density at radius 3 is 2.44 bits per heavy atom. The maximum absolute atomic E-state index is 12.3. The van der Waals surface area contributed by atoms with Gasteiger partial charge in [0, 0.05) is 5.02 Å². The number of rotatable bonds is 8. The Morgan fingerprint density at radius 2 is 1.84 bits per heavy atom. The summed E-state index contributed by atoms with van der Waals surface area (Å²) in [6.07, 6.45) is 0.842. The number of benzene rings is 2. The van der Waals surface area contributed by atoms with Crippen molar-refractivity contribution in [3.63, 3.8) is 0 Å². The van der Waals surface area contributed by atoms with Gasteiger partial charge in [-0.15, -0.1) is 0 Å². The molecule has 0 saturated carbocycles. The first-order chi connectivity index (χ1) is 12.0. The lowest BCUT2D eigenvalue weighted by Crippen LogP contribution is -2.33. The zero-order chi connectivity index (χ0) is 18.2. The SMILES string of the molecule is COc1ccc(C(CC(C)C)NC(=O)COc2cccc(Cl)c2)cc1. The number of carbonyl (C=O) groups is 1. The predicted molar refractivity (Wildman–Crippen MR) is 100 cm³/mol. The fourth-order valence-electron chi connectivity index (χ4n) is 2.53. The summed E-state index contributed by atoms with van der Waals surface area (Å²) in [7, 11) is 1.63. The highest BCUT2D eigenvalue weighted by Gasteiger charge is 2.16. The first kappa shape index (κ1) is 19.1. The molecule has 25 heavy (non-hydrogen) atoms. The third-order valence-electron chi connectivity index (χ3n) is 3.73. The van der Waals surface area contributed by atoms with Crippen LogP contribution in [0.3, 0.4) is 0 Å². The van der Waals surface area contributed by atoms with Crippen molar-refractivity contribution in [2.75, 3.05) is 13.7 Å². The van der Waals surface area contributed by atoms with Crippen LogP contribution in [-0.2, 0) is 4.79 Å². The second-order valence-corrected chi connectivity index (χ2v) is 6.71. The third-order valence-corrected chi connectivity index (χ3v) is 3.96. The van der Waals surface area contributed by atoms with Crippen LogP contribution in [0.2, 0.25) is 5.02 Å². The van der Waals surface area contributed by atoms with Crippen molar-refractivity contribution in [2.24, 2.45) is 5.92 Å². The monoisotopic (exact) mass is 361 g/mol.